The van der Waals surface area contributed by atoms with E-state index in [9.17, 15) is 4.79 Å². The van der Waals surface area contributed by atoms with Crippen molar-refractivity contribution >= 4 is 6.03 Å². The van der Waals surface area contributed by atoms with Gasteiger partial charge >= 0.3 is 6.03 Å². The summed E-state index contributed by atoms with van der Waals surface area (Å²) >= 11 is 0. The van der Waals surface area contributed by atoms with Crippen molar-refractivity contribution in [2.75, 3.05) is 26.9 Å². The van der Waals surface area contributed by atoms with Crippen LogP contribution in [0, 0.1) is 0 Å². The summed E-state index contributed by atoms with van der Waals surface area (Å²) in [5, 5.41) is 7.05. The molecule has 0 saturated carbocycles. The van der Waals surface area contributed by atoms with Crippen LogP contribution < -0.4 is 25.3 Å². The molecule has 0 saturated heterocycles. The highest BCUT2D eigenvalue weighted by Crippen LogP contribution is 2.31. The maximum atomic E-state index is 10.7. The minimum absolute atomic E-state index is 0.335. The number of amides is 2. The summed E-state index contributed by atoms with van der Waals surface area (Å²) < 4.78 is 18.3. The molecular weight excluding hydrogens is 372 g/mol. The van der Waals surface area contributed by atoms with Gasteiger partial charge in [-0.3, -0.25) is 0 Å². The lowest BCUT2D eigenvalue weighted by Gasteiger charge is -2.07. The zero-order valence-electron chi connectivity index (χ0n) is 16.4. The molecule has 1 aromatic heterocycles. The second-order valence-corrected chi connectivity index (χ2v) is 6.09. The molecule has 0 spiro atoms. The number of urea groups is 1. The number of carbonyl (C=O) groups excluding carboxylic acids is 1. The van der Waals surface area contributed by atoms with Crippen LogP contribution in [0.1, 0.15) is 6.92 Å². The molecule has 3 aromatic rings. The Bertz CT molecular complexity index is 936. The zero-order valence-corrected chi connectivity index (χ0v) is 16.4. The van der Waals surface area contributed by atoms with E-state index in [1.54, 1.807) is 11.8 Å². The van der Waals surface area contributed by atoms with E-state index in [0.717, 1.165) is 22.6 Å². The Morgan fingerprint density at radius 3 is 2.38 bits per heavy atom. The molecule has 0 radical (unpaired) electrons. The van der Waals surface area contributed by atoms with Crippen LogP contribution in [-0.4, -0.2) is 42.7 Å². The highest BCUT2D eigenvalue weighted by Gasteiger charge is 2.13. The van der Waals surface area contributed by atoms with E-state index in [0.29, 0.717) is 31.4 Å². The predicted octanol–water partition coefficient (Wildman–Crippen LogP) is 2.99. The Balaban J connectivity index is 1.77. The first-order valence-corrected chi connectivity index (χ1v) is 9.24. The zero-order chi connectivity index (χ0) is 20.6. The fourth-order valence-corrected chi connectivity index (χ4v) is 2.74. The molecule has 0 bridgehead atoms. The maximum absolute atomic E-state index is 10.7. The summed E-state index contributed by atoms with van der Waals surface area (Å²) in [4.78, 5) is 10.7. The molecular formula is C21H24N4O4. The largest absolute Gasteiger partial charge is 0.497 e. The Kier molecular flexibility index (Phi) is 6.57. The van der Waals surface area contributed by atoms with Gasteiger partial charge in [-0.05, 0) is 48.9 Å². The van der Waals surface area contributed by atoms with Crippen LogP contribution in [0.4, 0.5) is 4.79 Å². The SMILES string of the molecule is CCOc1nn(-c2ccc(OC)cc2)cc1-c1ccc(OCCNC(N)=O)cc1. The molecule has 152 valence electrons. The van der Waals surface area contributed by atoms with Crippen LogP contribution in [0.15, 0.2) is 54.7 Å². The third-order valence-electron chi connectivity index (χ3n) is 4.13. The predicted molar refractivity (Wildman–Crippen MR) is 110 cm³/mol. The second-order valence-electron chi connectivity index (χ2n) is 6.09. The van der Waals surface area contributed by atoms with Gasteiger partial charge in [-0.2, -0.15) is 0 Å². The number of aromatic nitrogens is 2. The third kappa shape index (κ3) is 5.19. The molecule has 3 N–H and O–H groups in total. The van der Waals surface area contributed by atoms with Crippen LogP contribution >= 0.6 is 0 Å². The van der Waals surface area contributed by atoms with Crippen molar-refractivity contribution < 1.29 is 19.0 Å². The molecule has 3 rings (SSSR count). The van der Waals surface area contributed by atoms with Crippen LogP contribution in [0.3, 0.4) is 0 Å². The van der Waals surface area contributed by atoms with Crippen molar-refractivity contribution in [1.82, 2.24) is 15.1 Å². The molecule has 29 heavy (non-hydrogen) atoms. The summed E-state index contributed by atoms with van der Waals surface area (Å²) in [6, 6.07) is 14.7. The molecule has 0 aliphatic carbocycles. The number of nitrogens with one attached hydrogen (secondary N) is 1. The number of hydrogen-bond donors (Lipinski definition) is 2. The van der Waals surface area contributed by atoms with Gasteiger partial charge in [0.15, 0.2) is 0 Å². The van der Waals surface area contributed by atoms with Crippen molar-refractivity contribution in [2.24, 2.45) is 5.73 Å². The van der Waals surface area contributed by atoms with E-state index < -0.39 is 6.03 Å². The first-order chi connectivity index (χ1) is 14.1. The molecule has 8 nitrogen and oxygen atoms in total. The molecule has 0 aliphatic heterocycles. The Morgan fingerprint density at radius 1 is 1.07 bits per heavy atom. The van der Waals surface area contributed by atoms with E-state index in [4.69, 9.17) is 19.9 Å². The standard InChI is InChI=1S/C21H24N4O4/c1-3-28-20-19(14-25(24-20)16-6-10-17(27-2)11-7-16)15-4-8-18(9-5-15)29-13-12-23-21(22)26/h4-11,14H,3,12-13H2,1-2H3,(H3,22,23,26). The number of nitrogens with zero attached hydrogens (tertiary/aromatic N) is 2. The number of rotatable bonds is 9. The number of carbonyl (C=O) groups is 1. The molecule has 0 unspecified atom stereocenters. The highest BCUT2D eigenvalue weighted by molar-refractivity contribution is 5.71. The van der Waals surface area contributed by atoms with Crippen molar-refractivity contribution in [3.05, 3.63) is 54.7 Å². The topological polar surface area (TPSA) is 101 Å². The third-order valence-corrected chi connectivity index (χ3v) is 4.13. The molecule has 2 amide bonds. The molecule has 2 aromatic carbocycles. The number of nitrogens with two attached hydrogens (primary N) is 1. The smallest absolute Gasteiger partial charge is 0.312 e. The van der Waals surface area contributed by atoms with Crippen LogP contribution in [0.5, 0.6) is 17.4 Å². The molecule has 0 fully saturated rings. The van der Waals surface area contributed by atoms with E-state index in [1.165, 1.54) is 0 Å². The normalized spacial score (nSPS) is 10.4. The minimum Gasteiger partial charge on any atom is -0.497 e. The van der Waals surface area contributed by atoms with E-state index in [-0.39, 0.29) is 0 Å². The van der Waals surface area contributed by atoms with Gasteiger partial charge in [-0.15, -0.1) is 5.10 Å². The first-order valence-electron chi connectivity index (χ1n) is 9.24. The Hall–Kier alpha value is -3.68. The number of hydrogen-bond acceptors (Lipinski definition) is 5. The van der Waals surface area contributed by atoms with Gasteiger partial charge < -0.3 is 25.3 Å². The highest BCUT2D eigenvalue weighted by atomic mass is 16.5. The van der Waals surface area contributed by atoms with Crippen LogP contribution in [0.25, 0.3) is 16.8 Å². The number of primary amides is 1. The fraction of sp³-hybridized carbons (Fsp3) is 0.238. The lowest BCUT2D eigenvalue weighted by molar-refractivity contribution is 0.244. The quantitative estimate of drug-likeness (QED) is 0.542. The van der Waals surface area contributed by atoms with E-state index in [1.807, 2.05) is 61.7 Å². The van der Waals surface area contributed by atoms with Gasteiger partial charge in [0.1, 0.15) is 18.1 Å². The van der Waals surface area contributed by atoms with Gasteiger partial charge in [0.05, 0.1) is 31.5 Å². The summed E-state index contributed by atoms with van der Waals surface area (Å²) in [6.45, 7) is 3.12. The van der Waals surface area contributed by atoms with Crippen molar-refractivity contribution in [3.63, 3.8) is 0 Å². The molecule has 1 heterocycles. The number of methoxy groups -OCH3 is 1. The second kappa shape index (κ2) is 9.50. The fourth-order valence-electron chi connectivity index (χ4n) is 2.74. The molecule has 0 atom stereocenters. The van der Waals surface area contributed by atoms with Gasteiger partial charge in [0.2, 0.25) is 5.88 Å². The number of ether oxygens (including phenoxy) is 3. The van der Waals surface area contributed by atoms with E-state index in [2.05, 4.69) is 10.4 Å². The Labute approximate surface area is 169 Å². The lowest BCUT2D eigenvalue weighted by Crippen LogP contribution is -2.32. The molecule has 8 heteroatoms. The van der Waals surface area contributed by atoms with Crippen molar-refractivity contribution in [1.29, 1.82) is 0 Å². The van der Waals surface area contributed by atoms with Crippen LogP contribution in [0.2, 0.25) is 0 Å². The average Bonchev–Trinajstić information content (AvgIpc) is 3.16. The van der Waals surface area contributed by atoms with Gasteiger partial charge in [0, 0.05) is 6.20 Å². The molecule has 0 aliphatic rings. The minimum atomic E-state index is -0.568. The number of benzene rings is 2. The lowest BCUT2D eigenvalue weighted by atomic mass is 10.1. The summed E-state index contributed by atoms with van der Waals surface area (Å²) in [7, 11) is 1.63. The van der Waals surface area contributed by atoms with Crippen molar-refractivity contribution in [3.8, 4) is 34.2 Å². The first kappa shape index (κ1) is 20.1. The Morgan fingerprint density at radius 2 is 1.76 bits per heavy atom. The van der Waals surface area contributed by atoms with Gasteiger partial charge in [0.25, 0.3) is 0 Å². The average molecular weight is 396 g/mol. The van der Waals surface area contributed by atoms with Gasteiger partial charge in [-0.25, -0.2) is 9.48 Å². The summed E-state index contributed by atoms with van der Waals surface area (Å²) in [5.74, 6) is 2.04. The summed E-state index contributed by atoms with van der Waals surface area (Å²) in [6.07, 6.45) is 1.93. The summed E-state index contributed by atoms with van der Waals surface area (Å²) in [5.41, 5.74) is 7.76. The monoisotopic (exact) mass is 396 g/mol. The van der Waals surface area contributed by atoms with Gasteiger partial charge in [-0.1, -0.05) is 12.1 Å². The maximum Gasteiger partial charge on any atom is 0.312 e. The van der Waals surface area contributed by atoms with E-state index >= 15 is 0 Å². The van der Waals surface area contributed by atoms with Crippen LogP contribution in [-0.2, 0) is 0 Å². The van der Waals surface area contributed by atoms with Crippen molar-refractivity contribution in [2.45, 2.75) is 6.92 Å².